The Kier molecular flexibility index (Phi) is 3.60. The van der Waals surface area contributed by atoms with Crippen molar-refractivity contribution in [2.45, 2.75) is 50.4 Å². The monoisotopic (exact) mass is 326 g/mol. The lowest BCUT2D eigenvalue weighted by atomic mass is 9.77. The molecule has 2 aliphatic rings. The number of ether oxygens (including phenoxy) is 1. The van der Waals surface area contributed by atoms with Crippen molar-refractivity contribution in [3.05, 3.63) is 0 Å². The van der Waals surface area contributed by atoms with Crippen LogP contribution in [0.4, 0.5) is 0 Å². The normalized spacial score (nSPS) is 46.2. The Bertz CT molecular complexity index is 236. The summed E-state index contributed by atoms with van der Waals surface area (Å²) in [5.74, 6) is 0.0357. The van der Waals surface area contributed by atoms with E-state index in [4.69, 9.17) is 14.5 Å². The van der Waals surface area contributed by atoms with Gasteiger partial charge in [0.05, 0.1) is 0 Å². The summed E-state index contributed by atoms with van der Waals surface area (Å²) < 4.78 is 6.53. The Morgan fingerprint density at radius 3 is 2.87 bits per heavy atom. The zero-order valence-electron chi connectivity index (χ0n) is 9.42. The maximum atomic E-state index is 5.60. The molecule has 0 aromatic carbocycles. The molecule has 3 nitrogen and oxygen atoms in total. The Hall–Kier alpha value is 0.610. The van der Waals surface area contributed by atoms with Crippen LogP contribution in [0.5, 0.6) is 0 Å². The molecule has 1 aliphatic carbocycles. The number of rotatable bonds is 2. The second-order valence-electron chi connectivity index (χ2n) is 4.91. The lowest BCUT2D eigenvalue weighted by Gasteiger charge is -2.49. The summed E-state index contributed by atoms with van der Waals surface area (Å²) in [7, 11) is 1.73. The molecule has 0 aromatic rings. The third kappa shape index (κ3) is 2.18. The van der Waals surface area contributed by atoms with Crippen LogP contribution in [0.2, 0.25) is 0 Å². The topological polar surface area (TPSA) is 27.7 Å². The molecular weight excluding hydrogens is 307 g/mol. The van der Waals surface area contributed by atoms with E-state index >= 15 is 0 Å². The molecule has 15 heavy (non-hydrogen) atoms. The first-order valence-corrected chi connectivity index (χ1v) is 7.15. The summed E-state index contributed by atoms with van der Waals surface area (Å²) >= 11 is 2.36. The average molecular weight is 326 g/mol. The first-order chi connectivity index (χ1) is 7.14. The largest absolute Gasteiger partial charge is 0.350 e. The summed E-state index contributed by atoms with van der Waals surface area (Å²) in [6.07, 6.45) is 5.67. The molecule has 0 spiro atoms. The van der Waals surface area contributed by atoms with Gasteiger partial charge >= 0.3 is 0 Å². The van der Waals surface area contributed by atoms with Gasteiger partial charge in [0.15, 0.2) is 0 Å². The Labute approximate surface area is 105 Å². The van der Waals surface area contributed by atoms with Crippen LogP contribution in [-0.2, 0) is 14.5 Å². The van der Waals surface area contributed by atoms with Gasteiger partial charge in [-0.15, -0.1) is 0 Å². The number of hydrogen-bond acceptors (Lipinski definition) is 3. The maximum absolute atomic E-state index is 5.60. The fourth-order valence-corrected chi connectivity index (χ4v) is 3.10. The molecule has 2 rings (SSSR count). The molecule has 0 unspecified atom stereocenters. The minimum absolute atomic E-state index is 0.134. The van der Waals surface area contributed by atoms with Gasteiger partial charge in [-0.2, -0.15) is 0 Å². The lowest BCUT2D eigenvalue weighted by molar-refractivity contribution is -0.502. The predicted octanol–water partition coefficient (Wildman–Crippen LogP) is 3.06. The fourth-order valence-electron chi connectivity index (χ4n) is 2.66. The van der Waals surface area contributed by atoms with Gasteiger partial charge in [-0.25, -0.2) is 9.78 Å². The van der Waals surface area contributed by atoms with E-state index in [2.05, 4.69) is 29.5 Å². The molecule has 88 valence electrons. The molecule has 2 fully saturated rings. The summed E-state index contributed by atoms with van der Waals surface area (Å²) in [5.41, 5.74) is -0.134. The van der Waals surface area contributed by atoms with Crippen molar-refractivity contribution in [2.75, 3.05) is 11.5 Å². The third-order valence-electron chi connectivity index (χ3n) is 3.64. The standard InChI is InChI=1S/C11H19IO3/c1-10(8-12)7-9-5-3-4-6-11(9,13-2)15-14-10/h9H,3-8H2,1-2H3/t9-,10+,11-/m1/s1. The first kappa shape index (κ1) is 12.1. The van der Waals surface area contributed by atoms with Crippen LogP contribution in [-0.4, -0.2) is 22.9 Å². The van der Waals surface area contributed by atoms with Gasteiger partial charge in [0, 0.05) is 23.9 Å². The van der Waals surface area contributed by atoms with E-state index in [9.17, 15) is 0 Å². The van der Waals surface area contributed by atoms with E-state index in [0.29, 0.717) is 5.92 Å². The van der Waals surface area contributed by atoms with E-state index in [0.717, 1.165) is 17.3 Å². The Morgan fingerprint density at radius 2 is 2.20 bits per heavy atom. The molecule has 1 saturated carbocycles. The summed E-state index contributed by atoms with van der Waals surface area (Å²) in [4.78, 5) is 11.1. The van der Waals surface area contributed by atoms with Crippen molar-refractivity contribution in [2.24, 2.45) is 5.92 Å². The minimum Gasteiger partial charge on any atom is -0.350 e. The van der Waals surface area contributed by atoms with E-state index < -0.39 is 5.79 Å². The summed E-state index contributed by atoms with van der Waals surface area (Å²) in [6, 6.07) is 0. The SMILES string of the molecule is CO[C@@]12CCCC[C@@H]1C[C@@](C)(CI)OO2. The van der Waals surface area contributed by atoms with Crippen LogP contribution in [0.1, 0.15) is 39.0 Å². The van der Waals surface area contributed by atoms with E-state index in [1.165, 1.54) is 19.3 Å². The number of hydrogen-bond donors (Lipinski definition) is 0. The van der Waals surface area contributed by atoms with Gasteiger partial charge in [-0.3, -0.25) is 0 Å². The fraction of sp³-hybridized carbons (Fsp3) is 1.00. The molecule has 0 radical (unpaired) electrons. The molecule has 0 amide bonds. The van der Waals surface area contributed by atoms with Gasteiger partial charge < -0.3 is 4.74 Å². The molecular formula is C11H19IO3. The second-order valence-corrected chi connectivity index (χ2v) is 5.68. The number of methoxy groups -OCH3 is 1. The summed E-state index contributed by atoms with van der Waals surface area (Å²) in [5, 5.41) is 0. The van der Waals surface area contributed by atoms with Gasteiger partial charge in [-0.1, -0.05) is 29.0 Å². The van der Waals surface area contributed by atoms with Gasteiger partial charge in [-0.05, 0) is 26.2 Å². The average Bonchev–Trinajstić information content (AvgIpc) is 2.29. The number of fused-ring (bicyclic) bond motifs is 1. The van der Waals surface area contributed by atoms with Crippen molar-refractivity contribution in [1.82, 2.24) is 0 Å². The molecule has 1 heterocycles. The van der Waals surface area contributed by atoms with Crippen LogP contribution >= 0.6 is 22.6 Å². The maximum Gasteiger partial charge on any atom is 0.204 e. The van der Waals surface area contributed by atoms with Crippen molar-refractivity contribution in [3.8, 4) is 0 Å². The molecule has 3 atom stereocenters. The smallest absolute Gasteiger partial charge is 0.204 e. The summed E-state index contributed by atoms with van der Waals surface area (Å²) in [6.45, 7) is 2.12. The molecule has 0 aromatic heterocycles. The second kappa shape index (κ2) is 4.47. The van der Waals surface area contributed by atoms with Crippen LogP contribution < -0.4 is 0 Å². The van der Waals surface area contributed by atoms with Crippen molar-refractivity contribution >= 4 is 22.6 Å². The third-order valence-corrected chi connectivity index (χ3v) is 5.25. The Morgan fingerprint density at radius 1 is 1.40 bits per heavy atom. The highest BCUT2D eigenvalue weighted by Crippen LogP contribution is 2.47. The predicted molar refractivity (Wildman–Crippen MR) is 65.8 cm³/mol. The van der Waals surface area contributed by atoms with Gasteiger partial charge in [0.1, 0.15) is 5.60 Å². The van der Waals surface area contributed by atoms with Gasteiger partial charge in [0.2, 0.25) is 5.79 Å². The highest BCUT2D eigenvalue weighted by molar-refractivity contribution is 14.1. The zero-order valence-corrected chi connectivity index (χ0v) is 11.6. The van der Waals surface area contributed by atoms with E-state index in [-0.39, 0.29) is 5.60 Å². The van der Waals surface area contributed by atoms with Crippen LogP contribution in [0.25, 0.3) is 0 Å². The number of halogens is 1. The highest BCUT2D eigenvalue weighted by Gasteiger charge is 2.51. The molecule has 1 aliphatic heterocycles. The Balaban J connectivity index is 2.12. The highest BCUT2D eigenvalue weighted by atomic mass is 127. The minimum atomic E-state index is -0.455. The quantitative estimate of drug-likeness (QED) is 0.443. The first-order valence-electron chi connectivity index (χ1n) is 5.62. The van der Waals surface area contributed by atoms with E-state index in [1.807, 2.05) is 0 Å². The molecule has 0 N–H and O–H groups in total. The molecule has 4 heteroatoms. The van der Waals surface area contributed by atoms with Crippen molar-refractivity contribution in [1.29, 1.82) is 0 Å². The van der Waals surface area contributed by atoms with E-state index in [1.54, 1.807) is 7.11 Å². The van der Waals surface area contributed by atoms with Crippen LogP contribution in [0.15, 0.2) is 0 Å². The van der Waals surface area contributed by atoms with Crippen LogP contribution in [0, 0.1) is 5.92 Å². The van der Waals surface area contributed by atoms with Crippen LogP contribution in [0.3, 0.4) is 0 Å². The molecule has 0 bridgehead atoms. The number of alkyl halides is 1. The van der Waals surface area contributed by atoms with Gasteiger partial charge in [0.25, 0.3) is 0 Å². The lowest BCUT2D eigenvalue weighted by Crippen LogP contribution is -2.55. The molecule has 1 saturated heterocycles. The van der Waals surface area contributed by atoms with Crippen molar-refractivity contribution in [3.63, 3.8) is 0 Å². The van der Waals surface area contributed by atoms with Crippen molar-refractivity contribution < 1.29 is 14.5 Å². The zero-order chi connectivity index (χ0) is 10.9.